The van der Waals surface area contributed by atoms with E-state index in [9.17, 15) is 13.2 Å². The van der Waals surface area contributed by atoms with Crippen molar-refractivity contribution in [3.05, 3.63) is 84.4 Å². The molecule has 0 aliphatic rings. The maximum atomic E-state index is 13.1. The number of aryl methyl sites for hydroxylation is 1. The van der Waals surface area contributed by atoms with Crippen molar-refractivity contribution in [1.29, 1.82) is 0 Å². The van der Waals surface area contributed by atoms with E-state index in [1.165, 1.54) is 23.5 Å². The van der Waals surface area contributed by atoms with Gasteiger partial charge in [0.1, 0.15) is 0 Å². The van der Waals surface area contributed by atoms with Gasteiger partial charge in [-0.15, -0.1) is 0 Å². The number of rotatable bonds is 7. The fourth-order valence-electron chi connectivity index (χ4n) is 3.53. The smallest absolute Gasteiger partial charge is 0.264 e. The summed E-state index contributed by atoms with van der Waals surface area (Å²) in [5.41, 5.74) is 2.50. The Balaban J connectivity index is 1.63. The molecule has 1 amide bonds. The van der Waals surface area contributed by atoms with Gasteiger partial charge in [0.05, 0.1) is 21.6 Å². The third-order valence-electron chi connectivity index (χ3n) is 5.20. The van der Waals surface area contributed by atoms with Crippen LogP contribution in [0.15, 0.2) is 83.8 Å². The fraction of sp³-hybridized carbons (Fsp3) is 0.167. The first kappa shape index (κ1) is 21.6. The van der Waals surface area contributed by atoms with E-state index < -0.39 is 15.9 Å². The molecule has 0 saturated heterocycles. The predicted molar refractivity (Wildman–Crippen MR) is 126 cm³/mol. The summed E-state index contributed by atoms with van der Waals surface area (Å²) >= 11 is 0. The summed E-state index contributed by atoms with van der Waals surface area (Å²) in [6.07, 6.45) is 0.878. The van der Waals surface area contributed by atoms with Crippen LogP contribution in [0.1, 0.15) is 23.7 Å². The van der Waals surface area contributed by atoms with Crippen molar-refractivity contribution in [3.63, 3.8) is 0 Å². The molecule has 1 heterocycles. The fourth-order valence-corrected chi connectivity index (χ4v) is 4.77. The molecular weight excluding hydrogens is 424 g/mol. The molecule has 7 nitrogen and oxygen atoms in total. The van der Waals surface area contributed by atoms with Crippen LogP contribution in [0, 0.1) is 0 Å². The van der Waals surface area contributed by atoms with Crippen LogP contribution >= 0.6 is 0 Å². The molecule has 1 aromatic heterocycles. The van der Waals surface area contributed by atoms with Gasteiger partial charge in [-0.25, -0.2) is 13.4 Å². The quantitative estimate of drug-likeness (QED) is 0.450. The average Bonchev–Trinajstić information content (AvgIpc) is 3.16. The van der Waals surface area contributed by atoms with Crippen LogP contribution in [0.2, 0.25) is 0 Å². The second-order valence-corrected chi connectivity index (χ2v) is 9.34. The monoisotopic (exact) mass is 448 g/mol. The Bertz CT molecular complexity index is 1360. The van der Waals surface area contributed by atoms with Crippen molar-refractivity contribution in [1.82, 2.24) is 9.55 Å². The Morgan fingerprint density at radius 2 is 1.72 bits per heavy atom. The number of anilines is 2. The number of carbonyl (C=O) groups is 1. The van der Waals surface area contributed by atoms with Crippen molar-refractivity contribution in [2.45, 2.75) is 24.8 Å². The number of para-hydroxylation sites is 3. The van der Waals surface area contributed by atoms with E-state index in [2.05, 4.69) is 17.2 Å². The molecule has 4 aromatic rings. The van der Waals surface area contributed by atoms with Gasteiger partial charge in [0, 0.05) is 19.2 Å². The maximum Gasteiger partial charge on any atom is 0.264 e. The minimum atomic E-state index is -3.83. The number of aromatic nitrogens is 2. The first-order valence-electron chi connectivity index (χ1n) is 10.3. The summed E-state index contributed by atoms with van der Waals surface area (Å²) in [5, 5.41) is 2.85. The second-order valence-electron chi connectivity index (χ2n) is 7.37. The minimum absolute atomic E-state index is 0.0403. The molecule has 0 aliphatic heterocycles. The third kappa shape index (κ3) is 4.09. The highest BCUT2D eigenvalue weighted by atomic mass is 32.2. The number of benzene rings is 3. The molecule has 0 bridgehead atoms. The summed E-state index contributed by atoms with van der Waals surface area (Å²) in [6, 6.07) is 22.5. The highest BCUT2D eigenvalue weighted by Crippen LogP contribution is 2.24. The molecule has 0 radical (unpaired) electrons. The van der Waals surface area contributed by atoms with E-state index in [1.54, 1.807) is 36.4 Å². The summed E-state index contributed by atoms with van der Waals surface area (Å²) in [6.45, 7) is 2.75. The topological polar surface area (TPSA) is 84.3 Å². The number of carbonyl (C=O) groups excluding carboxylic acids is 1. The molecule has 32 heavy (non-hydrogen) atoms. The Morgan fingerprint density at radius 3 is 2.47 bits per heavy atom. The van der Waals surface area contributed by atoms with E-state index in [1.807, 2.05) is 34.9 Å². The molecule has 3 aromatic carbocycles. The van der Waals surface area contributed by atoms with Gasteiger partial charge in [0.25, 0.3) is 15.9 Å². The predicted octanol–water partition coefficient (Wildman–Crippen LogP) is 4.52. The lowest BCUT2D eigenvalue weighted by atomic mass is 10.2. The van der Waals surface area contributed by atoms with Crippen LogP contribution < -0.4 is 9.62 Å². The van der Waals surface area contributed by atoms with E-state index in [0.29, 0.717) is 18.2 Å². The molecule has 164 valence electrons. The van der Waals surface area contributed by atoms with Crippen LogP contribution in [0.25, 0.3) is 11.0 Å². The normalized spacial score (nSPS) is 11.4. The van der Waals surface area contributed by atoms with Crippen molar-refractivity contribution in [3.8, 4) is 0 Å². The van der Waals surface area contributed by atoms with Gasteiger partial charge in [-0.1, -0.05) is 43.3 Å². The highest BCUT2D eigenvalue weighted by molar-refractivity contribution is 7.92. The zero-order chi connectivity index (χ0) is 22.7. The lowest BCUT2D eigenvalue weighted by molar-refractivity contribution is 0.102. The number of fused-ring (bicyclic) bond motifs is 1. The first-order valence-corrected chi connectivity index (χ1v) is 11.8. The SMILES string of the molecule is CCCn1c(NC(=O)c2cccc(S(=O)(=O)N(C)c3ccccc3)c2)nc2ccccc21. The zero-order valence-electron chi connectivity index (χ0n) is 17.9. The summed E-state index contributed by atoms with van der Waals surface area (Å²) in [5.74, 6) is 0.0183. The lowest BCUT2D eigenvalue weighted by Gasteiger charge is -2.19. The molecule has 0 unspecified atom stereocenters. The van der Waals surface area contributed by atoms with E-state index in [-0.39, 0.29) is 10.5 Å². The molecular formula is C24H24N4O3S. The van der Waals surface area contributed by atoms with Gasteiger partial charge in [0.2, 0.25) is 5.95 Å². The zero-order valence-corrected chi connectivity index (χ0v) is 18.7. The average molecular weight is 449 g/mol. The van der Waals surface area contributed by atoms with Crippen LogP contribution in [-0.2, 0) is 16.6 Å². The molecule has 0 atom stereocenters. The van der Waals surface area contributed by atoms with Gasteiger partial charge < -0.3 is 4.57 Å². The minimum Gasteiger partial charge on any atom is -0.310 e. The largest absolute Gasteiger partial charge is 0.310 e. The number of imidazole rings is 1. The van der Waals surface area contributed by atoms with Gasteiger partial charge in [-0.3, -0.25) is 14.4 Å². The molecule has 0 aliphatic carbocycles. The molecule has 1 N–H and O–H groups in total. The first-order chi connectivity index (χ1) is 15.4. The molecule has 4 rings (SSSR count). The van der Waals surface area contributed by atoms with Crippen molar-refractivity contribution in [2.24, 2.45) is 0 Å². The molecule has 0 spiro atoms. The number of amides is 1. The van der Waals surface area contributed by atoms with Gasteiger partial charge in [-0.2, -0.15) is 0 Å². The molecule has 0 fully saturated rings. The van der Waals surface area contributed by atoms with Crippen LogP contribution in [0.4, 0.5) is 11.6 Å². The lowest BCUT2D eigenvalue weighted by Crippen LogP contribution is -2.27. The summed E-state index contributed by atoms with van der Waals surface area (Å²) in [4.78, 5) is 17.6. The van der Waals surface area contributed by atoms with Crippen molar-refractivity contribution < 1.29 is 13.2 Å². The highest BCUT2D eigenvalue weighted by Gasteiger charge is 2.23. The van der Waals surface area contributed by atoms with Gasteiger partial charge in [-0.05, 0) is 48.9 Å². The van der Waals surface area contributed by atoms with Crippen LogP contribution in [-0.4, -0.2) is 30.9 Å². The van der Waals surface area contributed by atoms with Crippen LogP contribution in [0.3, 0.4) is 0 Å². The second kappa shape index (κ2) is 8.84. The summed E-state index contributed by atoms with van der Waals surface area (Å²) < 4.78 is 29.4. The van der Waals surface area contributed by atoms with Crippen molar-refractivity contribution >= 4 is 38.6 Å². The van der Waals surface area contributed by atoms with Crippen LogP contribution in [0.5, 0.6) is 0 Å². The standard InChI is InChI=1S/C24H24N4O3S/c1-3-16-28-22-15-8-7-14-21(22)25-24(28)26-23(29)18-10-9-13-20(17-18)32(30,31)27(2)19-11-5-4-6-12-19/h4-15,17H,3,16H2,1-2H3,(H,25,26,29). The third-order valence-corrected chi connectivity index (χ3v) is 6.98. The van der Waals surface area contributed by atoms with Crippen molar-refractivity contribution in [2.75, 3.05) is 16.7 Å². The molecule has 8 heteroatoms. The Labute approximate surface area is 187 Å². The van der Waals surface area contributed by atoms with E-state index in [4.69, 9.17) is 0 Å². The van der Waals surface area contributed by atoms with Gasteiger partial charge >= 0.3 is 0 Å². The number of hydrogen-bond acceptors (Lipinski definition) is 4. The summed E-state index contributed by atoms with van der Waals surface area (Å²) in [7, 11) is -2.34. The maximum absolute atomic E-state index is 13.1. The number of sulfonamides is 1. The Morgan fingerprint density at radius 1 is 1.00 bits per heavy atom. The van der Waals surface area contributed by atoms with E-state index in [0.717, 1.165) is 17.5 Å². The Hall–Kier alpha value is -3.65. The molecule has 0 saturated carbocycles. The number of nitrogens with zero attached hydrogens (tertiary/aromatic N) is 3. The van der Waals surface area contributed by atoms with Gasteiger partial charge in [0.15, 0.2) is 0 Å². The number of hydrogen-bond donors (Lipinski definition) is 1. The number of nitrogens with one attached hydrogen (secondary N) is 1. The Kier molecular flexibility index (Phi) is 5.96. The van der Waals surface area contributed by atoms with E-state index >= 15 is 0 Å².